The molecule has 0 unspecified atom stereocenters. The minimum Gasteiger partial charge on any atom is -0.393 e. The molecule has 0 bridgehead atoms. The van der Waals surface area contributed by atoms with Crippen molar-refractivity contribution in [2.75, 3.05) is 6.54 Å². The fourth-order valence-corrected chi connectivity index (χ4v) is 3.01. The number of halogens is 2. The van der Waals surface area contributed by atoms with Crippen molar-refractivity contribution >= 4 is 35.2 Å². The fourth-order valence-electron chi connectivity index (χ4n) is 2.48. The van der Waals surface area contributed by atoms with Crippen LogP contribution in [0.5, 0.6) is 0 Å². The summed E-state index contributed by atoms with van der Waals surface area (Å²) in [5, 5.41) is 13.4. The molecule has 0 spiro atoms. The topological polar surface area (TPSA) is 49.3 Å². The minimum atomic E-state index is -0.167. The minimum absolute atomic E-state index is 0.155. The molecule has 0 aliphatic heterocycles. The summed E-state index contributed by atoms with van der Waals surface area (Å²) in [6, 6.07) is 5.23. The van der Waals surface area contributed by atoms with Crippen molar-refractivity contribution < 1.29 is 9.90 Å². The van der Waals surface area contributed by atoms with E-state index in [1.165, 1.54) is 6.08 Å². The van der Waals surface area contributed by atoms with Gasteiger partial charge < -0.3 is 10.4 Å². The van der Waals surface area contributed by atoms with Gasteiger partial charge in [0.1, 0.15) is 0 Å². The zero-order chi connectivity index (χ0) is 15.2. The molecule has 1 aromatic carbocycles. The highest BCUT2D eigenvalue weighted by Gasteiger charge is 2.19. The predicted octanol–water partition coefficient (Wildman–Crippen LogP) is 3.67. The molecule has 2 rings (SSSR count). The van der Waals surface area contributed by atoms with Crippen LogP contribution in [0.25, 0.3) is 6.08 Å². The van der Waals surface area contributed by atoms with Crippen molar-refractivity contribution in [1.29, 1.82) is 0 Å². The quantitative estimate of drug-likeness (QED) is 0.829. The lowest BCUT2D eigenvalue weighted by Crippen LogP contribution is -2.31. The summed E-state index contributed by atoms with van der Waals surface area (Å²) in [6.07, 6.45) is 6.48. The highest BCUT2D eigenvalue weighted by molar-refractivity contribution is 6.37. The van der Waals surface area contributed by atoms with E-state index in [2.05, 4.69) is 5.32 Å². The van der Waals surface area contributed by atoms with Gasteiger partial charge >= 0.3 is 0 Å². The normalized spacial score (nSPS) is 22.4. The third kappa shape index (κ3) is 5.03. The zero-order valence-corrected chi connectivity index (χ0v) is 13.2. The van der Waals surface area contributed by atoms with Gasteiger partial charge in [-0.25, -0.2) is 0 Å². The van der Waals surface area contributed by atoms with Gasteiger partial charge in [0.05, 0.1) is 6.10 Å². The Kier molecular flexibility index (Phi) is 6.09. The number of nitrogens with one attached hydrogen (secondary N) is 1. The first-order valence-electron chi connectivity index (χ1n) is 7.14. The number of hydrogen-bond donors (Lipinski definition) is 2. The molecular weight excluding hydrogens is 309 g/mol. The molecule has 0 heterocycles. The molecule has 5 heteroatoms. The number of aliphatic hydroxyl groups excluding tert-OH is 1. The lowest BCUT2D eigenvalue weighted by atomic mass is 9.87. The van der Waals surface area contributed by atoms with Crippen molar-refractivity contribution in [3.63, 3.8) is 0 Å². The Hall–Kier alpha value is -1.03. The van der Waals surface area contributed by atoms with E-state index in [4.69, 9.17) is 23.2 Å². The van der Waals surface area contributed by atoms with Crippen molar-refractivity contribution in [1.82, 2.24) is 5.32 Å². The first-order chi connectivity index (χ1) is 10.1. The van der Waals surface area contributed by atoms with Gasteiger partial charge in [-0.1, -0.05) is 29.3 Å². The molecule has 2 N–H and O–H groups in total. The van der Waals surface area contributed by atoms with Gasteiger partial charge in [0.2, 0.25) is 5.91 Å². The van der Waals surface area contributed by atoms with Crippen LogP contribution in [0.2, 0.25) is 10.0 Å². The van der Waals surface area contributed by atoms with Crippen LogP contribution in [-0.4, -0.2) is 23.7 Å². The van der Waals surface area contributed by atoms with Crippen molar-refractivity contribution in [2.24, 2.45) is 5.92 Å². The molecular formula is C16H19Cl2NO2. The Balaban J connectivity index is 1.83. The van der Waals surface area contributed by atoms with Gasteiger partial charge in [-0.2, -0.15) is 0 Å². The molecule has 1 aliphatic rings. The van der Waals surface area contributed by atoms with Crippen LogP contribution in [0.3, 0.4) is 0 Å². The summed E-state index contributed by atoms with van der Waals surface area (Å²) < 4.78 is 0. The molecule has 0 saturated heterocycles. The maximum absolute atomic E-state index is 11.8. The smallest absolute Gasteiger partial charge is 0.244 e. The third-order valence-corrected chi connectivity index (χ3v) is 4.44. The molecule has 21 heavy (non-hydrogen) atoms. The SMILES string of the molecule is O=C(/C=C/c1c(Cl)cccc1Cl)NCC1CCC(O)CC1. The van der Waals surface area contributed by atoms with E-state index < -0.39 is 0 Å². The second-order valence-corrected chi connectivity index (χ2v) is 6.20. The van der Waals surface area contributed by atoms with E-state index >= 15 is 0 Å². The van der Waals surface area contributed by atoms with Gasteiger partial charge in [0.15, 0.2) is 0 Å². The molecule has 114 valence electrons. The Labute approximate surface area is 134 Å². The largest absolute Gasteiger partial charge is 0.393 e. The first-order valence-corrected chi connectivity index (χ1v) is 7.90. The molecule has 1 saturated carbocycles. The van der Waals surface area contributed by atoms with E-state index in [1.54, 1.807) is 24.3 Å². The van der Waals surface area contributed by atoms with Crippen molar-refractivity contribution in [2.45, 2.75) is 31.8 Å². The number of benzene rings is 1. The van der Waals surface area contributed by atoms with E-state index in [9.17, 15) is 9.90 Å². The van der Waals surface area contributed by atoms with Crippen LogP contribution in [0.4, 0.5) is 0 Å². The molecule has 1 aromatic rings. The van der Waals surface area contributed by atoms with Crippen LogP contribution in [0.15, 0.2) is 24.3 Å². The molecule has 1 aliphatic carbocycles. The van der Waals surface area contributed by atoms with Crippen molar-refractivity contribution in [3.8, 4) is 0 Å². The Morgan fingerprint density at radius 3 is 2.48 bits per heavy atom. The molecule has 0 radical (unpaired) electrons. The second-order valence-electron chi connectivity index (χ2n) is 5.39. The number of aliphatic hydroxyl groups is 1. The number of hydrogen-bond acceptors (Lipinski definition) is 2. The average Bonchev–Trinajstić information content (AvgIpc) is 2.46. The lowest BCUT2D eigenvalue weighted by Gasteiger charge is -2.25. The Morgan fingerprint density at radius 2 is 1.86 bits per heavy atom. The second kappa shape index (κ2) is 7.83. The summed E-state index contributed by atoms with van der Waals surface area (Å²) in [6.45, 7) is 0.645. The first kappa shape index (κ1) is 16.3. The van der Waals surface area contributed by atoms with Crippen molar-refractivity contribution in [3.05, 3.63) is 39.9 Å². The standard InChI is InChI=1S/C16H19Cl2NO2/c17-14-2-1-3-15(18)13(14)8-9-16(21)19-10-11-4-6-12(20)7-5-11/h1-3,8-9,11-12,20H,4-7,10H2,(H,19,21)/b9-8+. The lowest BCUT2D eigenvalue weighted by molar-refractivity contribution is -0.116. The molecule has 1 fully saturated rings. The van der Waals surface area contributed by atoms with Crippen LogP contribution in [0.1, 0.15) is 31.2 Å². The van der Waals surface area contributed by atoms with Crippen LogP contribution >= 0.6 is 23.2 Å². The van der Waals surface area contributed by atoms with Gasteiger partial charge in [0, 0.05) is 28.2 Å². The third-order valence-electron chi connectivity index (χ3n) is 3.78. The predicted molar refractivity (Wildman–Crippen MR) is 86.5 cm³/mol. The summed E-state index contributed by atoms with van der Waals surface area (Å²) in [7, 11) is 0. The number of carbonyl (C=O) groups is 1. The summed E-state index contributed by atoms with van der Waals surface area (Å²) in [5.74, 6) is 0.298. The number of rotatable bonds is 4. The monoisotopic (exact) mass is 327 g/mol. The van der Waals surface area contributed by atoms with Gasteiger partial charge in [0.25, 0.3) is 0 Å². The highest BCUT2D eigenvalue weighted by atomic mass is 35.5. The maximum Gasteiger partial charge on any atom is 0.244 e. The maximum atomic E-state index is 11.8. The summed E-state index contributed by atoms with van der Waals surface area (Å²) in [4.78, 5) is 11.8. The molecule has 3 nitrogen and oxygen atoms in total. The highest BCUT2D eigenvalue weighted by Crippen LogP contribution is 2.25. The van der Waals surface area contributed by atoms with E-state index in [1.807, 2.05) is 0 Å². The molecule has 0 atom stereocenters. The van der Waals surface area contributed by atoms with E-state index in [0.29, 0.717) is 28.1 Å². The van der Waals surface area contributed by atoms with E-state index in [-0.39, 0.29) is 12.0 Å². The van der Waals surface area contributed by atoms with E-state index in [0.717, 1.165) is 25.7 Å². The summed E-state index contributed by atoms with van der Waals surface area (Å²) >= 11 is 12.1. The molecule has 0 aromatic heterocycles. The van der Waals surface area contributed by atoms with Gasteiger partial charge in [-0.3, -0.25) is 4.79 Å². The van der Waals surface area contributed by atoms with Gasteiger partial charge in [-0.05, 0) is 49.8 Å². The van der Waals surface area contributed by atoms with Crippen LogP contribution < -0.4 is 5.32 Å². The fraction of sp³-hybridized carbons (Fsp3) is 0.438. The Bertz CT molecular complexity index is 503. The van der Waals surface area contributed by atoms with Crippen LogP contribution in [0, 0.1) is 5.92 Å². The van der Waals surface area contributed by atoms with Crippen LogP contribution in [-0.2, 0) is 4.79 Å². The number of amides is 1. The number of carbonyl (C=O) groups excluding carboxylic acids is 1. The summed E-state index contributed by atoms with van der Waals surface area (Å²) in [5.41, 5.74) is 0.650. The Morgan fingerprint density at radius 1 is 1.24 bits per heavy atom. The van der Waals surface area contributed by atoms with Gasteiger partial charge in [-0.15, -0.1) is 0 Å². The average molecular weight is 328 g/mol. The molecule has 1 amide bonds. The zero-order valence-electron chi connectivity index (χ0n) is 11.7.